The summed E-state index contributed by atoms with van der Waals surface area (Å²) < 4.78 is 0. The van der Waals surface area contributed by atoms with E-state index in [0.29, 0.717) is 29.7 Å². The number of aromatic nitrogens is 1. The Balaban J connectivity index is 1.79. The second kappa shape index (κ2) is 7.65. The van der Waals surface area contributed by atoms with Crippen LogP contribution in [-0.2, 0) is 9.59 Å². The molecule has 3 rings (SSSR count). The molecule has 5 N–H and O–H groups in total. The molecule has 2 amide bonds. The highest BCUT2D eigenvalue weighted by Crippen LogP contribution is 2.33. The smallest absolute Gasteiger partial charge is 0.313 e. The summed E-state index contributed by atoms with van der Waals surface area (Å²) in [7, 11) is 0. The van der Waals surface area contributed by atoms with Gasteiger partial charge in [0, 0.05) is 12.2 Å². The third kappa shape index (κ3) is 4.19. The summed E-state index contributed by atoms with van der Waals surface area (Å²) in [4.78, 5) is 31.1. The number of carbonyl (C=O) groups excluding carboxylic acids is 2. The minimum atomic E-state index is -0.671. The quantitative estimate of drug-likeness (QED) is 0.557. The molecular formula is C20H25N5O2. The van der Waals surface area contributed by atoms with E-state index >= 15 is 0 Å². The highest BCUT2D eigenvalue weighted by Gasteiger charge is 2.34. The van der Waals surface area contributed by atoms with Gasteiger partial charge >= 0.3 is 11.8 Å². The molecule has 0 unspecified atom stereocenters. The number of rotatable bonds is 2. The number of hydrogen-bond acceptors (Lipinski definition) is 5. The lowest BCUT2D eigenvalue weighted by Crippen LogP contribution is -2.46. The molecule has 7 nitrogen and oxygen atoms in total. The molecule has 0 spiro atoms. The van der Waals surface area contributed by atoms with Crippen LogP contribution in [0.2, 0.25) is 0 Å². The van der Waals surface area contributed by atoms with Gasteiger partial charge < -0.3 is 21.7 Å². The lowest BCUT2D eigenvalue weighted by atomic mass is 9.89. The first kappa shape index (κ1) is 18.7. The van der Waals surface area contributed by atoms with Crippen molar-refractivity contribution in [2.45, 2.75) is 32.7 Å². The van der Waals surface area contributed by atoms with E-state index < -0.39 is 11.8 Å². The van der Waals surface area contributed by atoms with E-state index in [0.717, 1.165) is 24.0 Å². The van der Waals surface area contributed by atoms with Crippen molar-refractivity contribution in [2.75, 3.05) is 23.3 Å². The standard InChI is InChI=1S/C20H25N5O2/c1-12-3-8-17(14-4-6-15(21)7-5-14)25(11-12)20(27)19(26)24-16-9-13(2)18(22)23-10-16/h4-7,9-10,12,17H,3,8,11,21H2,1-2H3,(H2,22,23)(H,24,26)/t12-,17+/m0/s1. The van der Waals surface area contributed by atoms with Crippen molar-refractivity contribution in [3.8, 4) is 0 Å². The van der Waals surface area contributed by atoms with E-state index in [1.165, 1.54) is 6.20 Å². The molecule has 2 atom stereocenters. The molecule has 27 heavy (non-hydrogen) atoms. The lowest BCUT2D eigenvalue weighted by molar-refractivity contribution is -0.146. The molecule has 1 fully saturated rings. The summed E-state index contributed by atoms with van der Waals surface area (Å²) in [5, 5.41) is 2.63. The molecular weight excluding hydrogens is 342 g/mol. The highest BCUT2D eigenvalue weighted by atomic mass is 16.2. The molecule has 1 aromatic carbocycles. The summed E-state index contributed by atoms with van der Waals surface area (Å²) in [6, 6.07) is 9.04. The molecule has 2 heterocycles. The van der Waals surface area contributed by atoms with Crippen molar-refractivity contribution in [1.82, 2.24) is 9.88 Å². The number of amides is 2. The maximum atomic E-state index is 12.9. The van der Waals surface area contributed by atoms with Gasteiger partial charge in [-0.1, -0.05) is 19.1 Å². The molecule has 7 heteroatoms. The number of pyridine rings is 1. The number of likely N-dealkylation sites (tertiary alicyclic amines) is 1. The van der Waals surface area contributed by atoms with Crippen LogP contribution in [0, 0.1) is 12.8 Å². The van der Waals surface area contributed by atoms with Crippen molar-refractivity contribution in [3.63, 3.8) is 0 Å². The molecule has 1 saturated heterocycles. The van der Waals surface area contributed by atoms with E-state index in [-0.39, 0.29) is 6.04 Å². The number of benzene rings is 1. The summed E-state index contributed by atoms with van der Waals surface area (Å²) in [6.45, 7) is 4.42. The Hall–Kier alpha value is -3.09. The Labute approximate surface area is 158 Å². The SMILES string of the molecule is Cc1cc(NC(=O)C(=O)N2C[C@@H](C)CC[C@@H]2c2ccc(N)cc2)cnc1N. The largest absolute Gasteiger partial charge is 0.399 e. The Kier molecular flexibility index (Phi) is 5.30. The normalized spacial score (nSPS) is 19.6. The number of aryl methyl sites for hydroxylation is 1. The maximum absolute atomic E-state index is 12.9. The van der Waals surface area contributed by atoms with E-state index in [1.54, 1.807) is 17.9 Å². The maximum Gasteiger partial charge on any atom is 0.313 e. The van der Waals surface area contributed by atoms with Crippen LogP contribution < -0.4 is 16.8 Å². The minimum Gasteiger partial charge on any atom is -0.399 e. The first-order valence-electron chi connectivity index (χ1n) is 9.04. The van der Waals surface area contributed by atoms with Gasteiger partial charge in [-0.2, -0.15) is 0 Å². The third-order valence-corrected chi connectivity index (χ3v) is 4.97. The van der Waals surface area contributed by atoms with Gasteiger partial charge in [-0.05, 0) is 55.0 Å². The lowest BCUT2D eigenvalue weighted by Gasteiger charge is -2.38. The number of hydrogen-bond donors (Lipinski definition) is 3. The van der Waals surface area contributed by atoms with Crippen molar-refractivity contribution in [2.24, 2.45) is 5.92 Å². The number of anilines is 3. The molecule has 0 aliphatic carbocycles. The zero-order valence-electron chi connectivity index (χ0n) is 15.6. The predicted molar refractivity (Wildman–Crippen MR) is 106 cm³/mol. The first-order chi connectivity index (χ1) is 12.8. The number of nitrogen functional groups attached to an aromatic ring is 2. The fourth-order valence-electron chi connectivity index (χ4n) is 3.41. The fourth-order valence-corrected chi connectivity index (χ4v) is 3.41. The van der Waals surface area contributed by atoms with Crippen LogP contribution in [0.4, 0.5) is 17.2 Å². The molecule has 1 aliphatic rings. The number of nitrogens with two attached hydrogens (primary N) is 2. The van der Waals surface area contributed by atoms with Crippen LogP contribution in [0.25, 0.3) is 0 Å². The van der Waals surface area contributed by atoms with Crippen LogP contribution in [0.5, 0.6) is 0 Å². The average Bonchev–Trinajstić information content (AvgIpc) is 2.65. The number of nitrogens with one attached hydrogen (secondary N) is 1. The van der Waals surface area contributed by atoms with Gasteiger partial charge in [-0.3, -0.25) is 9.59 Å². The van der Waals surface area contributed by atoms with Crippen molar-refractivity contribution in [3.05, 3.63) is 47.7 Å². The highest BCUT2D eigenvalue weighted by molar-refractivity contribution is 6.39. The Morgan fingerprint density at radius 3 is 2.56 bits per heavy atom. The van der Waals surface area contributed by atoms with E-state index in [9.17, 15) is 9.59 Å². The average molecular weight is 367 g/mol. The van der Waals surface area contributed by atoms with Crippen molar-refractivity contribution in [1.29, 1.82) is 0 Å². The third-order valence-electron chi connectivity index (χ3n) is 4.97. The summed E-state index contributed by atoms with van der Waals surface area (Å²) in [5.41, 5.74) is 14.3. The van der Waals surface area contributed by atoms with Crippen LogP contribution >= 0.6 is 0 Å². The monoisotopic (exact) mass is 367 g/mol. The molecule has 142 valence electrons. The fraction of sp³-hybridized carbons (Fsp3) is 0.350. The molecule has 0 saturated carbocycles. The number of piperidine rings is 1. The molecule has 1 aliphatic heterocycles. The Morgan fingerprint density at radius 1 is 1.19 bits per heavy atom. The predicted octanol–water partition coefficient (Wildman–Crippen LogP) is 2.49. The van der Waals surface area contributed by atoms with Crippen LogP contribution in [0.3, 0.4) is 0 Å². The van der Waals surface area contributed by atoms with E-state index in [1.807, 2.05) is 24.3 Å². The van der Waals surface area contributed by atoms with Gasteiger partial charge in [-0.25, -0.2) is 4.98 Å². The Bertz CT molecular complexity index is 850. The number of nitrogens with zero attached hydrogens (tertiary/aromatic N) is 2. The summed E-state index contributed by atoms with van der Waals surface area (Å²) in [5.74, 6) is -0.479. The van der Waals surface area contributed by atoms with Crippen molar-refractivity contribution >= 4 is 29.0 Å². The van der Waals surface area contributed by atoms with Gasteiger partial charge in [0.15, 0.2) is 0 Å². The van der Waals surface area contributed by atoms with Crippen LogP contribution in [-0.4, -0.2) is 28.2 Å². The van der Waals surface area contributed by atoms with Crippen LogP contribution in [0.15, 0.2) is 36.5 Å². The van der Waals surface area contributed by atoms with Gasteiger partial charge in [0.2, 0.25) is 0 Å². The second-order valence-corrected chi connectivity index (χ2v) is 7.20. The van der Waals surface area contributed by atoms with Gasteiger partial charge in [0.25, 0.3) is 0 Å². The van der Waals surface area contributed by atoms with E-state index in [2.05, 4.69) is 17.2 Å². The van der Waals surface area contributed by atoms with E-state index in [4.69, 9.17) is 11.5 Å². The molecule has 2 aromatic rings. The second-order valence-electron chi connectivity index (χ2n) is 7.20. The topological polar surface area (TPSA) is 114 Å². The van der Waals surface area contributed by atoms with Crippen LogP contribution in [0.1, 0.15) is 36.9 Å². The molecule has 0 radical (unpaired) electrons. The minimum absolute atomic E-state index is 0.133. The number of carbonyl (C=O) groups is 2. The van der Waals surface area contributed by atoms with Gasteiger partial charge in [0.1, 0.15) is 5.82 Å². The van der Waals surface area contributed by atoms with Gasteiger partial charge in [0.05, 0.1) is 17.9 Å². The molecule has 0 bridgehead atoms. The zero-order valence-corrected chi connectivity index (χ0v) is 15.6. The zero-order chi connectivity index (χ0) is 19.6. The van der Waals surface area contributed by atoms with Gasteiger partial charge in [-0.15, -0.1) is 0 Å². The molecule has 1 aromatic heterocycles. The Morgan fingerprint density at radius 2 is 1.89 bits per heavy atom. The first-order valence-corrected chi connectivity index (χ1v) is 9.04. The summed E-state index contributed by atoms with van der Waals surface area (Å²) in [6.07, 6.45) is 3.26. The summed E-state index contributed by atoms with van der Waals surface area (Å²) >= 11 is 0. The van der Waals surface area contributed by atoms with Crippen molar-refractivity contribution < 1.29 is 9.59 Å².